The van der Waals surface area contributed by atoms with E-state index in [9.17, 15) is 18.0 Å². The van der Waals surface area contributed by atoms with Gasteiger partial charge in [0.05, 0.1) is 22.3 Å². The van der Waals surface area contributed by atoms with Crippen molar-refractivity contribution in [3.63, 3.8) is 0 Å². The number of alkyl halides is 3. The number of thiazole rings is 1. The Kier molecular flexibility index (Phi) is 7.28. The molecular weight excluding hydrogens is 529 g/mol. The lowest BCUT2D eigenvalue weighted by atomic mass is 10.1. The number of benzene rings is 2. The highest BCUT2D eigenvalue weighted by Gasteiger charge is 2.32. The van der Waals surface area contributed by atoms with Gasteiger partial charge in [-0.2, -0.15) is 13.2 Å². The van der Waals surface area contributed by atoms with Crippen LogP contribution in [0.25, 0.3) is 16.3 Å². The zero-order valence-electron chi connectivity index (χ0n) is 21.6. The van der Waals surface area contributed by atoms with Gasteiger partial charge in [-0.1, -0.05) is 22.6 Å². The summed E-state index contributed by atoms with van der Waals surface area (Å²) in [4.78, 5) is 22.3. The molecule has 1 saturated heterocycles. The van der Waals surface area contributed by atoms with Gasteiger partial charge >= 0.3 is 6.18 Å². The molecule has 0 unspecified atom stereocenters. The van der Waals surface area contributed by atoms with E-state index in [0.717, 1.165) is 40.8 Å². The number of amides is 1. The molecule has 13 heteroatoms. The van der Waals surface area contributed by atoms with Crippen LogP contribution in [0.4, 0.5) is 29.7 Å². The summed E-state index contributed by atoms with van der Waals surface area (Å²) in [6, 6.07) is 8.74. The van der Waals surface area contributed by atoms with Gasteiger partial charge in [-0.3, -0.25) is 4.79 Å². The second-order valence-corrected chi connectivity index (χ2v) is 10.4. The fraction of sp³-hybridized carbons (Fsp3) is 0.308. The highest BCUT2D eigenvalue weighted by Crippen LogP contribution is 2.34. The van der Waals surface area contributed by atoms with E-state index in [1.165, 1.54) is 17.4 Å². The van der Waals surface area contributed by atoms with Crippen molar-refractivity contribution in [1.82, 2.24) is 24.9 Å². The second-order valence-electron chi connectivity index (χ2n) is 9.34. The molecule has 0 atom stereocenters. The molecule has 0 radical (unpaired) electrons. The van der Waals surface area contributed by atoms with Crippen molar-refractivity contribution in [2.24, 2.45) is 0 Å². The fourth-order valence-corrected chi connectivity index (χ4v) is 5.01. The van der Waals surface area contributed by atoms with Crippen LogP contribution in [0.3, 0.4) is 0 Å². The van der Waals surface area contributed by atoms with Crippen molar-refractivity contribution in [3.8, 4) is 16.3 Å². The highest BCUT2D eigenvalue weighted by molar-refractivity contribution is 7.18. The quantitative estimate of drug-likeness (QED) is 0.354. The number of piperazine rings is 1. The van der Waals surface area contributed by atoms with E-state index in [-0.39, 0.29) is 5.56 Å². The van der Waals surface area contributed by atoms with E-state index < -0.39 is 17.6 Å². The van der Waals surface area contributed by atoms with Crippen LogP contribution in [0.5, 0.6) is 0 Å². The van der Waals surface area contributed by atoms with Gasteiger partial charge in [-0.25, -0.2) is 9.67 Å². The Morgan fingerprint density at radius 2 is 1.85 bits per heavy atom. The zero-order chi connectivity index (χ0) is 27.7. The molecule has 0 aliphatic carbocycles. The van der Waals surface area contributed by atoms with Crippen molar-refractivity contribution in [1.29, 1.82) is 0 Å². The summed E-state index contributed by atoms with van der Waals surface area (Å²) in [6.45, 7) is 4.51. The second kappa shape index (κ2) is 10.7. The molecule has 1 fully saturated rings. The molecular formula is C26H27F3N8OS. The van der Waals surface area contributed by atoms with Gasteiger partial charge in [0.2, 0.25) is 0 Å². The lowest BCUT2D eigenvalue weighted by Crippen LogP contribution is -2.44. The van der Waals surface area contributed by atoms with Crippen LogP contribution in [0.15, 0.2) is 48.8 Å². The Morgan fingerprint density at radius 1 is 1.08 bits per heavy atom. The predicted octanol–water partition coefficient (Wildman–Crippen LogP) is 4.76. The largest absolute Gasteiger partial charge is 0.416 e. The number of nitrogens with zero attached hydrogens (tertiary/aromatic N) is 6. The number of hydrogen-bond donors (Lipinski definition) is 2. The normalized spacial score (nSPS) is 14.5. The number of likely N-dealkylation sites (N-methyl/N-ethyl adjacent to an activating group) is 1. The molecule has 2 aromatic carbocycles. The molecule has 0 bridgehead atoms. The van der Waals surface area contributed by atoms with Crippen molar-refractivity contribution in [3.05, 3.63) is 65.5 Å². The SMILES string of the molecule is CNc1ncc(-c2cn(-c3cc(NC(=O)c4cc(N5CCN(C)CC5)cc(C(F)(F)F)c4)ccc3C)nn2)s1. The molecule has 2 aromatic heterocycles. The van der Waals surface area contributed by atoms with Crippen LogP contribution in [-0.4, -0.2) is 71.1 Å². The van der Waals surface area contributed by atoms with Crippen LogP contribution in [-0.2, 0) is 6.18 Å². The molecule has 2 N–H and O–H groups in total. The first-order chi connectivity index (χ1) is 18.6. The standard InChI is InChI=1S/C26H27F3N8OS/c1-16-4-5-19(13-22(16)37-15-21(33-34-37)23-14-31-25(30-2)39-23)32-24(38)17-10-18(26(27,28)29)12-20(11-17)36-8-6-35(3)7-9-36/h4-5,10-15H,6-9H2,1-3H3,(H,30,31)(H,32,38). The van der Waals surface area contributed by atoms with Crippen molar-refractivity contribution in [2.75, 3.05) is 55.8 Å². The maximum Gasteiger partial charge on any atom is 0.416 e. The van der Waals surface area contributed by atoms with Gasteiger partial charge in [0.15, 0.2) is 5.13 Å². The van der Waals surface area contributed by atoms with Gasteiger partial charge in [0, 0.05) is 56.4 Å². The summed E-state index contributed by atoms with van der Waals surface area (Å²) < 4.78 is 42.7. The molecule has 39 heavy (non-hydrogen) atoms. The van der Waals surface area contributed by atoms with Crippen LogP contribution < -0.4 is 15.5 Å². The zero-order valence-corrected chi connectivity index (χ0v) is 22.4. The van der Waals surface area contributed by atoms with Crippen molar-refractivity contribution in [2.45, 2.75) is 13.1 Å². The summed E-state index contributed by atoms with van der Waals surface area (Å²) in [6.07, 6.45) is -1.11. The van der Waals surface area contributed by atoms with E-state index in [1.807, 2.05) is 18.9 Å². The number of hydrogen-bond acceptors (Lipinski definition) is 8. The Morgan fingerprint density at radius 3 is 2.54 bits per heavy atom. The topological polar surface area (TPSA) is 91.2 Å². The number of aromatic nitrogens is 4. The third-order valence-corrected chi connectivity index (χ3v) is 7.59. The summed E-state index contributed by atoms with van der Waals surface area (Å²) >= 11 is 1.44. The number of carbonyl (C=O) groups is 1. The van der Waals surface area contributed by atoms with Crippen LogP contribution in [0, 0.1) is 6.92 Å². The van der Waals surface area contributed by atoms with Gasteiger partial charge in [-0.05, 0) is 49.9 Å². The minimum Gasteiger partial charge on any atom is -0.369 e. The fourth-order valence-electron chi connectivity index (χ4n) is 4.29. The molecule has 1 aliphatic heterocycles. The Labute approximate surface area is 227 Å². The van der Waals surface area contributed by atoms with Gasteiger partial charge in [-0.15, -0.1) is 5.10 Å². The molecule has 204 valence electrons. The molecule has 0 saturated carbocycles. The Hall–Kier alpha value is -3.97. The molecule has 9 nitrogen and oxygen atoms in total. The average Bonchev–Trinajstić information content (AvgIpc) is 3.59. The predicted molar refractivity (Wildman–Crippen MR) is 146 cm³/mol. The highest BCUT2D eigenvalue weighted by atomic mass is 32.1. The lowest BCUT2D eigenvalue weighted by molar-refractivity contribution is -0.137. The number of carbonyl (C=O) groups excluding carboxylic acids is 1. The monoisotopic (exact) mass is 556 g/mol. The summed E-state index contributed by atoms with van der Waals surface area (Å²) in [5.74, 6) is -0.630. The molecule has 5 rings (SSSR count). The maximum atomic E-state index is 13.7. The van der Waals surface area contributed by atoms with Crippen LogP contribution >= 0.6 is 11.3 Å². The minimum atomic E-state index is -4.58. The maximum absolute atomic E-state index is 13.7. The third-order valence-electron chi connectivity index (χ3n) is 6.55. The molecule has 0 spiro atoms. The van der Waals surface area contributed by atoms with Crippen LogP contribution in [0.1, 0.15) is 21.5 Å². The van der Waals surface area contributed by atoms with Crippen molar-refractivity contribution < 1.29 is 18.0 Å². The minimum absolute atomic E-state index is 0.0607. The van der Waals surface area contributed by atoms with E-state index in [2.05, 4.69) is 30.8 Å². The number of nitrogens with one attached hydrogen (secondary N) is 2. The van der Waals surface area contributed by atoms with E-state index in [1.54, 1.807) is 42.3 Å². The molecule has 4 aromatic rings. The summed E-state index contributed by atoms with van der Waals surface area (Å²) in [5.41, 5.74) is 2.08. The van der Waals surface area contributed by atoms with Gasteiger partial charge < -0.3 is 20.4 Å². The number of rotatable bonds is 6. The molecule has 1 aliphatic rings. The van der Waals surface area contributed by atoms with Crippen LogP contribution in [0.2, 0.25) is 0 Å². The smallest absolute Gasteiger partial charge is 0.369 e. The molecule has 3 heterocycles. The Balaban J connectivity index is 1.40. The first-order valence-electron chi connectivity index (χ1n) is 12.2. The number of halogens is 3. The summed E-state index contributed by atoms with van der Waals surface area (Å²) in [7, 11) is 3.76. The Bertz CT molecular complexity index is 1490. The average molecular weight is 557 g/mol. The van der Waals surface area contributed by atoms with Gasteiger partial charge in [0.25, 0.3) is 5.91 Å². The first kappa shape index (κ1) is 26.6. The first-order valence-corrected chi connectivity index (χ1v) is 13.1. The van der Waals surface area contributed by atoms with Gasteiger partial charge in [0.1, 0.15) is 5.69 Å². The summed E-state index contributed by atoms with van der Waals surface area (Å²) in [5, 5.41) is 14.9. The van der Waals surface area contributed by atoms with Crippen molar-refractivity contribution >= 4 is 33.8 Å². The van der Waals surface area contributed by atoms with E-state index in [0.29, 0.717) is 35.8 Å². The number of aryl methyl sites for hydroxylation is 1. The third kappa shape index (κ3) is 5.88. The number of anilines is 3. The van der Waals surface area contributed by atoms with E-state index in [4.69, 9.17) is 0 Å². The van der Waals surface area contributed by atoms with E-state index >= 15 is 0 Å². The molecule has 1 amide bonds. The lowest BCUT2D eigenvalue weighted by Gasteiger charge is -2.34.